The van der Waals surface area contributed by atoms with E-state index in [1.165, 1.54) is 11.1 Å². The molecular weight excluding hydrogens is 388 g/mol. The van der Waals surface area contributed by atoms with Crippen LogP contribution in [0.15, 0.2) is 60.7 Å². The average Bonchev–Trinajstić information content (AvgIpc) is 2.78. The molecule has 0 saturated heterocycles. The smallest absolute Gasteiger partial charge is 0.321 e. The largest absolute Gasteiger partial charge is 0.480 e. The predicted molar refractivity (Wildman–Crippen MR) is 124 cm³/mol. The van der Waals surface area contributed by atoms with Gasteiger partial charge in [0.25, 0.3) is 0 Å². The number of aryl methyl sites for hydroxylation is 2. The monoisotopic (exact) mass is 424 g/mol. The van der Waals surface area contributed by atoms with Crippen LogP contribution in [-0.4, -0.2) is 22.2 Å². The summed E-state index contributed by atoms with van der Waals surface area (Å²) in [7, 11) is 0. The average molecular weight is 425 g/mol. The molecule has 2 aromatic rings. The second kappa shape index (κ2) is 13.6. The molecule has 2 rings (SSSR count). The summed E-state index contributed by atoms with van der Waals surface area (Å²) >= 11 is 0. The summed E-state index contributed by atoms with van der Waals surface area (Å²) in [5, 5.41) is 19.4. The number of carboxylic acid groups (broad SMARTS) is 2. The standard InChI is InChI=1S/C27H36O4/c28-25(29)27(26(30)31,21-13-3-1-7-15-23-17-9-5-10-18-23)22-14-4-2-8-16-24-19-11-6-12-20-24/h5-6,9-12,17-20H,1-4,7-8,13-16,21-22H2,(H,28,29)(H,30,31). The van der Waals surface area contributed by atoms with Gasteiger partial charge in [0.1, 0.15) is 0 Å². The Hall–Kier alpha value is -2.62. The zero-order chi connectivity index (χ0) is 22.4. The molecule has 0 aliphatic heterocycles. The van der Waals surface area contributed by atoms with Crippen LogP contribution in [0.25, 0.3) is 0 Å². The minimum absolute atomic E-state index is 0.215. The van der Waals surface area contributed by atoms with Crippen molar-refractivity contribution in [3.8, 4) is 0 Å². The van der Waals surface area contributed by atoms with Gasteiger partial charge in [0.2, 0.25) is 0 Å². The van der Waals surface area contributed by atoms with Crippen LogP contribution < -0.4 is 0 Å². The Morgan fingerprint density at radius 1 is 0.548 bits per heavy atom. The highest BCUT2D eigenvalue weighted by molar-refractivity contribution is 5.98. The zero-order valence-electron chi connectivity index (χ0n) is 18.5. The Balaban J connectivity index is 1.68. The lowest BCUT2D eigenvalue weighted by atomic mass is 9.78. The number of hydrogen-bond acceptors (Lipinski definition) is 2. The van der Waals surface area contributed by atoms with Crippen molar-refractivity contribution < 1.29 is 19.8 Å². The van der Waals surface area contributed by atoms with Gasteiger partial charge in [-0.1, -0.05) is 99.2 Å². The number of hydrogen-bond donors (Lipinski definition) is 2. The van der Waals surface area contributed by atoms with Crippen LogP contribution in [-0.2, 0) is 22.4 Å². The van der Waals surface area contributed by atoms with E-state index in [4.69, 9.17) is 0 Å². The van der Waals surface area contributed by atoms with E-state index >= 15 is 0 Å². The van der Waals surface area contributed by atoms with Gasteiger partial charge in [-0.2, -0.15) is 0 Å². The Morgan fingerprint density at radius 3 is 1.26 bits per heavy atom. The third-order valence-corrected chi connectivity index (χ3v) is 6.14. The molecule has 0 aliphatic carbocycles. The first-order chi connectivity index (χ1) is 15.0. The predicted octanol–water partition coefficient (Wildman–Crippen LogP) is 6.53. The molecule has 4 nitrogen and oxygen atoms in total. The zero-order valence-corrected chi connectivity index (χ0v) is 18.5. The second-order valence-electron chi connectivity index (χ2n) is 8.49. The molecule has 0 atom stereocenters. The van der Waals surface area contributed by atoms with E-state index in [9.17, 15) is 19.8 Å². The summed E-state index contributed by atoms with van der Waals surface area (Å²) in [4.78, 5) is 23.8. The first kappa shape index (κ1) is 24.6. The quantitative estimate of drug-likeness (QED) is 0.237. The van der Waals surface area contributed by atoms with Gasteiger partial charge in [0.15, 0.2) is 5.41 Å². The number of rotatable bonds is 16. The number of benzene rings is 2. The maximum Gasteiger partial charge on any atom is 0.321 e. The molecule has 0 spiro atoms. The van der Waals surface area contributed by atoms with Crippen molar-refractivity contribution in [2.24, 2.45) is 5.41 Å². The summed E-state index contributed by atoms with van der Waals surface area (Å²) in [5.41, 5.74) is 0.971. The third-order valence-electron chi connectivity index (χ3n) is 6.14. The molecule has 0 bridgehead atoms. The van der Waals surface area contributed by atoms with Gasteiger partial charge in [-0.3, -0.25) is 9.59 Å². The van der Waals surface area contributed by atoms with E-state index in [0.717, 1.165) is 51.4 Å². The summed E-state index contributed by atoms with van der Waals surface area (Å²) in [6.45, 7) is 0. The maximum absolute atomic E-state index is 11.9. The van der Waals surface area contributed by atoms with Gasteiger partial charge in [0, 0.05) is 0 Å². The molecule has 0 amide bonds. The fourth-order valence-electron chi connectivity index (χ4n) is 4.15. The molecular formula is C27H36O4. The van der Waals surface area contributed by atoms with Gasteiger partial charge >= 0.3 is 11.9 Å². The van der Waals surface area contributed by atoms with Gasteiger partial charge in [0.05, 0.1) is 0 Å². The van der Waals surface area contributed by atoms with Crippen molar-refractivity contribution in [3.63, 3.8) is 0 Å². The molecule has 0 heterocycles. The molecule has 168 valence electrons. The first-order valence-electron chi connectivity index (χ1n) is 11.6. The summed E-state index contributed by atoms with van der Waals surface area (Å²) in [6.07, 6.45) is 9.52. The van der Waals surface area contributed by atoms with Gasteiger partial charge in [-0.25, -0.2) is 0 Å². The van der Waals surface area contributed by atoms with Crippen LogP contribution in [0.2, 0.25) is 0 Å². The highest BCUT2D eigenvalue weighted by atomic mass is 16.4. The Labute approximate surface area is 186 Å². The van der Waals surface area contributed by atoms with E-state index in [1.807, 2.05) is 36.4 Å². The second-order valence-corrected chi connectivity index (χ2v) is 8.49. The van der Waals surface area contributed by atoms with E-state index < -0.39 is 17.4 Å². The highest BCUT2D eigenvalue weighted by Gasteiger charge is 2.45. The SMILES string of the molecule is O=C(O)C(CCCCCCc1ccccc1)(CCCCCCc1ccccc1)C(=O)O. The maximum atomic E-state index is 11.9. The Bertz CT molecular complexity index is 703. The lowest BCUT2D eigenvalue weighted by Gasteiger charge is -2.25. The fourth-order valence-corrected chi connectivity index (χ4v) is 4.15. The molecule has 0 radical (unpaired) electrons. The van der Waals surface area contributed by atoms with Crippen LogP contribution in [0.1, 0.15) is 75.3 Å². The normalized spacial score (nSPS) is 11.4. The molecule has 0 aliphatic rings. The van der Waals surface area contributed by atoms with Crippen molar-refractivity contribution in [2.75, 3.05) is 0 Å². The van der Waals surface area contributed by atoms with Crippen LogP contribution in [0.5, 0.6) is 0 Å². The minimum Gasteiger partial charge on any atom is -0.480 e. The molecule has 0 aromatic heterocycles. The van der Waals surface area contributed by atoms with Crippen molar-refractivity contribution in [3.05, 3.63) is 71.8 Å². The van der Waals surface area contributed by atoms with Crippen molar-refractivity contribution in [2.45, 2.75) is 77.0 Å². The lowest BCUT2D eigenvalue weighted by Crippen LogP contribution is -2.39. The molecule has 31 heavy (non-hydrogen) atoms. The fraction of sp³-hybridized carbons (Fsp3) is 0.481. The van der Waals surface area contributed by atoms with Crippen molar-refractivity contribution in [1.29, 1.82) is 0 Å². The summed E-state index contributed by atoms with van der Waals surface area (Å²) in [5.74, 6) is -2.37. The topological polar surface area (TPSA) is 74.6 Å². The van der Waals surface area contributed by atoms with Gasteiger partial charge in [-0.15, -0.1) is 0 Å². The molecule has 0 saturated carbocycles. The van der Waals surface area contributed by atoms with Crippen LogP contribution in [0.4, 0.5) is 0 Å². The number of carboxylic acids is 2. The first-order valence-corrected chi connectivity index (χ1v) is 11.6. The third kappa shape index (κ3) is 8.56. The van der Waals surface area contributed by atoms with E-state index in [2.05, 4.69) is 24.3 Å². The molecule has 2 aromatic carbocycles. The van der Waals surface area contributed by atoms with Crippen LogP contribution in [0.3, 0.4) is 0 Å². The lowest BCUT2D eigenvalue weighted by molar-refractivity contribution is -0.166. The Kier molecular flexibility index (Phi) is 10.8. The van der Waals surface area contributed by atoms with Crippen molar-refractivity contribution in [1.82, 2.24) is 0 Å². The highest BCUT2D eigenvalue weighted by Crippen LogP contribution is 2.33. The van der Waals surface area contributed by atoms with Crippen LogP contribution in [0, 0.1) is 5.41 Å². The van der Waals surface area contributed by atoms with Gasteiger partial charge < -0.3 is 10.2 Å². The summed E-state index contributed by atoms with van der Waals surface area (Å²) in [6, 6.07) is 20.6. The van der Waals surface area contributed by atoms with Crippen LogP contribution >= 0.6 is 0 Å². The Morgan fingerprint density at radius 2 is 0.903 bits per heavy atom. The molecule has 0 unspecified atom stereocenters. The summed E-state index contributed by atoms with van der Waals surface area (Å²) < 4.78 is 0. The molecule has 2 N–H and O–H groups in total. The van der Waals surface area contributed by atoms with Crippen molar-refractivity contribution >= 4 is 11.9 Å². The minimum atomic E-state index is -1.64. The van der Waals surface area contributed by atoms with E-state index in [1.54, 1.807) is 0 Å². The van der Waals surface area contributed by atoms with Gasteiger partial charge in [-0.05, 0) is 49.7 Å². The number of aliphatic carboxylic acids is 2. The number of carbonyl (C=O) groups is 2. The van der Waals surface area contributed by atoms with E-state index in [-0.39, 0.29) is 12.8 Å². The number of unbranched alkanes of at least 4 members (excludes halogenated alkanes) is 6. The molecule has 0 fully saturated rings. The van der Waals surface area contributed by atoms with E-state index in [0.29, 0.717) is 12.8 Å². The molecule has 4 heteroatoms.